The van der Waals surface area contributed by atoms with Crippen LogP contribution in [-0.2, 0) is 17.8 Å². The molecular weight excluding hydrogens is 396 g/mol. The van der Waals surface area contributed by atoms with Crippen LogP contribution in [0.4, 0.5) is 0 Å². The molecule has 0 radical (unpaired) electrons. The molecule has 0 saturated carbocycles. The van der Waals surface area contributed by atoms with E-state index in [1.54, 1.807) is 4.57 Å². The molecule has 2 N–H and O–H groups in total. The number of carbonyl (C=O) groups excluding carboxylic acids is 1. The lowest BCUT2D eigenvalue weighted by Gasteiger charge is -2.16. The lowest BCUT2D eigenvalue weighted by Crippen LogP contribution is -2.34. The number of rotatable bonds is 9. The number of hydrogen-bond donors (Lipinski definition) is 2. The first-order valence-corrected chi connectivity index (χ1v) is 11.4. The molecular formula is C23H30N4O2S. The van der Waals surface area contributed by atoms with Gasteiger partial charge >= 0.3 is 0 Å². The normalized spacial score (nSPS) is 12.4. The molecule has 3 rings (SSSR count). The fourth-order valence-corrected chi connectivity index (χ4v) is 4.21. The maximum atomic E-state index is 12.9. The van der Waals surface area contributed by atoms with Gasteiger partial charge in [-0.05, 0) is 44.2 Å². The molecule has 7 heteroatoms. The van der Waals surface area contributed by atoms with Crippen molar-refractivity contribution in [3.05, 3.63) is 58.0 Å². The van der Waals surface area contributed by atoms with Crippen LogP contribution in [0.2, 0.25) is 0 Å². The number of benzene rings is 1. The summed E-state index contributed by atoms with van der Waals surface area (Å²) in [4.78, 5) is 33.1. The zero-order valence-corrected chi connectivity index (χ0v) is 18.9. The molecule has 2 aromatic heterocycles. The number of amides is 1. The summed E-state index contributed by atoms with van der Waals surface area (Å²) >= 11 is 1.32. The number of thioether (sulfide) groups is 1. The van der Waals surface area contributed by atoms with Crippen LogP contribution >= 0.6 is 11.8 Å². The third-order valence-electron chi connectivity index (χ3n) is 4.83. The molecule has 160 valence electrons. The Morgan fingerprint density at radius 1 is 1.23 bits per heavy atom. The number of fused-ring (bicyclic) bond motifs is 1. The van der Waals surface area contributed by atoms with Crippen molar-refractivity contribution in [1.29, 1.82) is 0 Å². The summed E-state index contributed by atoms with van der Waals surface area (Å²) in [5.41, 5.74) is 3.26. The number of hydrogen-bond acceptors (Lipinski definition) is 4. The van der Waals surface area contributed by atoms with E-state index in [4.69, 9.17) is 0 Å². The number of nitrogens with one attached hydrogen (secondary N) is 2. The number of aryl methyl sites for hydroxylation is 2. The second kappa shape index (κ2) is 9.98. The van der Waals surface area contributed by atoms with Crippen molar-refractivity contribution in [2.45, 2.75) is 58.3 Å². The van der Waals surface area contributed by atoms with E-state index in [9.17, 15) is 9.59 Å². The van der Waals surface area contributed by atoms with Gasteiger partial charge in [0.1, 0.15) is 5.52 Å². The van der Waals surface area contributed by atoms with Crippen LogP contribution in [0, 0.1) is 12.8 Å². The maximum Gasteiger partial charge on any atom is 0.278 e. The van der Waals surface area contributed by atoms with Crippen molar-refractivity contribution in [3.63, 3.8) is 0 Å². The first-order valence-electron chi connectivity index (χ1n) is 10.4. The molecule has 1 unspecified atom stereocenters. The highest BCUT2D eigenvalue weighted by Crippen LogP contribution is 2.19. The molecule has 1 amide bonds. The molecule has 0 aliphatic rings. The zero-order valence-electron chi connectivity index (χ0n) is 18.1. The summed E-state index contributed by atoms with van der Waals surface area (Å²) in [5.74, 6) is 0.482. The van der Waals surface area contributed by atoms with Gasteiger partial charge in [0.25, 0.3) is 5.56 Å². The summed E-state index contributed by atoms with van der Waals surface area (Å²) < 4.78 is 1.68. The number of aromatic nitrogens is 3. The molecule has 0 saturated heterocycles. The van der Waals surface area contributed by atoms with Crippen molar-refractivity contribution < 1.29 is 4.79 Å². The minimum atomic E-state index is -0.0825. The first kappa shape index (κ1) is 22.2. The van der Waals surface area contributed by atoms with Crippen LogP contribution in [0.15, 0.2) is 46.3 Å². The zero-order chi connectivity index (χ0) is 21.7. The highest BCUT2D eigenvalue weighted by Gasteiger charge is 2.16. The molecule has 3 aromatic rings. The van der Waals surface area contributed by atoms with E-state index in [2.05, 4.69) is 41.3 Å². The van der Waals surface area contributed by atoms with E-state index < -0.39 is 0 Å². The first-order chi connectivity index (χ1) is 14.3. The second-order valence-electron chi connectivity index (χ2n) is 8.20. The molecule has 30 heavy (non-hydrogen) atoms. The molecule has 0 bridgehead atoms. The Morgan fingerprint density at radius 3 is 2.67 bits per heavy atom. The Hall–Kier alpha value is -2.54. The van der Waals surface area contributed by atoms with Gasteiger partial charge in [-0.1, -0.05) is 55.9 Å². The lowest BCUT2D eigenvalue weighted by atomic mass is 10.1. The van der Waals surface area contributed by atoms with Gasteiger partial charge in [0.2, 0.25) is 5.91 Å². The van der Waals surface area contributed by atoms with Crippen molar-refractivity contribution in [1.82, 2.24) is 19.9 Å². The van der Waals surface area contributed by atoms with Crippen LogP contribution in [0.25, 0.3) is 11.0 Å². The van der Waals surface area contributed by atoms with Crippen LogP contribution in [0.1, 0.15) is 38.4 Å². The van der Waals surface area contributed by atoms with Gasteiger partial charge in [0, 0.05) is 18.3 Å². The quantitative estimate of drug-likeness (QED) is 0.401. The average Bonchev–Trinajstić information content (AvgIpc) is 3.08. The van der Waals surface area contributed by atoms with E-state index in [1.807, 2.05) is 38.1 Å². The van der Waals surface area contributed by atoms with E-state index >= 15 is 0 Å². The summed E-state index contributed by atoms with van der Waals surface area (Å²) in [6, 6.07) is 12.2. The number of aromatic amines is 1. The second-order valence-corrected chi connectivity index (χ2v) is 9.14. The number of carbonyl (C=O) groups is 1. The summed E-state index contributed by atoms with van der Waals surface area (Å²) in [7, 11) is 0. The molecule has 0 aliphatic carbocycles. The minimum Gasteiger partial charge on any atom is -0.353 e. The monoisotopic (exact) mass is 426 g/mol. The molecule has 0 aliphatic heterocycles. The van der Waals surface area contributed by atoms with Gasteiger partial charge in [-0.15, -0.1) is 0 Å². The van der Waals surface area contributed by atoms with Crippen LogP contribution in [-0.4, -0.2) is 32.2 Å². The predicted octanol–water partition coefficient (Wildman–Crippen LogP) is 3.92. The molecule has 6 nitrogen and oxygen atoms in total. The number of H-pyrrole nitrogens is 1. The van der Waals surface area contributed by atoms with Crippen LogP contribution in [0.5, 0.6) is 0 Å². The van der Waals surface area contributed by atoms with Crippen molar-refractivity contribution in [3.8, 4) is 0 Å². The van der Waals surface area contributed by atoms with Gasteiger partial charge in [-0.25, -0.2) is 4.98 Å². The van der Waals surface area contributed by atoms with Crippen LogP contribution in [0.3, 0.4) is 0 Å². The third kappa shape index (κ3) is 5.75. The van der Waals surface area contributed by atoms with Gasteiger partial charge in [0.15, 0.2) is 5.16 Å². The Kier molecular flexibility index (Phi) is 7.37. The Bertz CT molecular complexity index is 1060. The van der Waals surface area contributed by atoms with Crippen LogP contribution < -0.4 is 10.9 Å². The van der Waals surface area contributed by atoms with Gasteiger partial charge in [0.05, 0.1) is 11.3 Å². The highest BCUT2D eigenvalue weighted by atomic mass is 32.2. The molecule has 0 fully saturated rings. The topological polar surface area (TPSA) is 79.8 Å². The predicted molar refractivity (Wildman–Crippen MR) is 123 cm³/mol. The highest BCUT2D eigenvalue weighted by molar-refractivity contribution is 7.99. The largest absolute Gasteiger partial charge is 0.353 e. The summed E-state index contributed by atoms with van der Waals surface area (Å²) in [6.45, 7) is 8.62. The van der Waals surface area contributed by atoms with E-state index in [0.29, 0.717) is 28.7 Å². The smallest absolute Gasteiger partial charge is 0.278 e. The minimum absolute atomic E-state index is 0.0451. The lowest BCUT2D eigenvalue weighted by molar-refractivity contribution is -0.119. The van der Waals surface area contributed by atoms with E-state index in [-0.39, 0.29) is 23.3 Å². The molecule has 1 aromatic carbocycles. The Balaban J connectivity index is 1.63. The fourth-order valence-electron chi connectivity index (χ4n) is 3.39. The van der Waals surface area contributed by atoms with Crippen molar-refractivity contribution in [2.75, 3.05) is 5.75 Å². The third-order valence-corrected chi connectivity index (χ3v) is 5.81. The Labute approximate surface area is 181 Å². The fraction of sp³-hybridized carbons (Fsp3) is 0.435. The van der Waals surface area contributed by atoms with E-state index in [1.165, 1.54) is 17.3 Å². The SMILES string of the molecule is Cc1cc2nc(SCC(=O)NC(C)CCc3ccccc3)n(CC(C)C)c(=O)c2[nH]1. The maximum absolute atomic E-state index is 12.9. The van der Waals surface area contributed by atoms with Gasteiger partial charge in [-0.2, -0.15) is 0 Å². The molecule has 1 atom stereocenters. The van der Waals surface area contributed by atoms with Gasteiger partial charge < -0.3 is 10.3 Å². The molecule has 0 spiro atoms. The summed E-state index contributed by atoms with van der Waals surface area (Å²) in [6.07, 6.45) is 1.81. The number of nitrogens with zero attached hydrogens (tertiary/aromatic N) is 2. The van der Waals surface area contributed by atoms with E-state index in [0.717, 1.165) is 18.5 Å². The van der Waals surface area contributed by atoms with Gasteiger partial charge in [-0.3, -0.25) is 14.2 Å². The molecule has 2 heterocycles. The average molecular weight is 427 g/mol. The standard InChI is InChI=1S/C23H30N4O2S/c1-15(2)13-27-22(29)21-19(12-17(4)25-21)26-23(27)30-14-20(28)24-16(3)10-11-18-8-6-5-7-9-18/h5-9,12,15-16,25H,10-11,13-14H2,1-4H3,(H,24,28). The summed E-state index contributed by atoms with van der Waals surface area (Å²) in [5, 5.41) is 3.65. The van der Waals surface area contributed by atoms with Crippen molar-refractivity contribution in [2.24, 2.45) is 5.92 Å². The van der Waals surface area contributed by atoms with Crippen molar-refractivity contribution >= 4 is 28.7 Å². The Morgan fingerprint density at radius 2 is 1.97 bits per heavy atom.